The van der Waals surface area contributed by atoms with E-state index in [1.807, 2.05) is 12.1 Å². The number of nitrogens with one attached hydrogen (secondary N) is 1. The maximum atomic E-state index is 11.5. The minimum atomic E-state index is -3.10. The quantitative estimate of drug-likeness (QED) is 0.902. The molecule has 0 radical (unpaired) electrons. The first-order chi connectivity index (χ1) is 9.80. The Balaban J connectivity index is 1.95. The van der Waals surface area contributed by atoms with Crippen molar-refractivity contribution in [1.29, 1.82) is 0 Å². The van der Waals surface area contributed by atoms with Crippen molar-refractivity contribution >= 4 is 9.84 Å². The van der Waals surface area contributed by atoms with E-state index in [1.165, 1.54) is 38.4 Å². The molecule has 1 aliphatic carbocycles. The van der Waals surface area contributed by atoms with Gasteiger partial charge in [0.25, 0.3) is 0 Å². The van der Waals surface area contributed by atoms with E-state index in [0.29, 0.717) is 10.3 Å². The molecule has 1 aromatic rings. The Morgan fingerprint density at radius 1 is 1.14 bits per heavy atom. The minimum absolute atomic E-state index is 0.248. The molecule has 4 heteroatoms. The third kappa shape index (κ3) is 4.55. The Morgan fingerprint density at radius 3 is 2.24 bits per heavy atom. The van der Waals surface area contributed by atoms with Crippen molar-refractivity contribution in [2.75, 3.05) is 12.8 Å². The van der Waals surface area contributed by atoms with Crippen molar-refractivity contribution in [3.63, 3.8) is 0 Å². The fraction of sp³-hybridized carbons (Fsp3) is 0.647. The van der Waals surface area contributed by atoms with Crippen LogP contribution in [0.2, 0.25) is 0 Å². The standard InChI is InChI=1S/C17H27NO2S/c1-14(18-13-17(2)11-5-4-6-12-17)15-7-9-16(10-8-15)21(3,19)20/h7-10,14,18H,4-6,11-13H2,1-3H3. The van der Waals surface area contributed by atoms with Crippen LogP contribution < -0.4 is 5.32 Å². The number of hydrogen-bond donors (Lipinski definition) is 1. The molecular weight excluding hydrogens is 282 g/mol. The molecule has 1 saturated carbocycles. The molecule has 3 nitrogen and oxygen atoms in total. The fourth-order valence-electron chi connectivity index (χ4n) is 3.10. The van der Waals surface area contributed by atoms with Crippen LogP contribution in [-0.2, 0) is 9.84 Å². The van der Waals surface area contributed by atoms with Crippen molar-refractivity contribution in [2.45, 2.75) is 56.9 Å². The Morgan fingerprint density at radius 2 is 1.71 bits per heavy atom. The molecule has 1 unspecified atom stereocenters. The summed E-state index contributed by atoms with van der Waals surface area (Å²) in [7, 11) is -3.10. The Hall–Kier alpha value is -0.870. The molecule has 0 spiro atoms. The van der Waals surface area contributed by atoms with Gasteiger partial charge < -0.3 is 5.32 Å². The van der Waals surface area contributed by atoms with Crippen LogP contribution in [0.4, 0.5) is 0 Å². The average molecular weight is 309 g/mol. The molecule has 2 rings (SSSR count). The summed E-state index contributed by atoms with van der Waals surface area (Å²) >= 11 is 0. The Bertz CT molecular complexity index is 557. The van der Waals surface area contributed by atoms with Crippen molar-refractivity contribution in [2.24, 2.45) is 5.41 Å². The van der Waals surface area contributed by atoms with Gasteiger partial charge in [0.05, 0.1) is 4.90 Å². The molecule has 1 atom stereocenters. The molecule has 0 aromatic heterocycles. The molecule has 0 saturated heterocycles. The van der Waals surface area contributed by atoms with Crippen molar-refractivity contribution < 1.29 is 8.42 Å². The molecule has 1 aliphatic rings. The van der Waals surface area contributed by atoms with E-state index in [9.17, 15) is 8.42 Å². The summed E-state index contributed by atoms with van der Waals surface area (Å²) in [5.41, 5.74) is 1.56. The van der Waals surface area contributed by atoms with E-state index in [2.05, 4.69) is 19.2 Å². The highest BCUT2D eigenvalue weighted by atomic mass is 32.2. The van der Waals surface area contributed by atoms with E-state index in [4.69, 9.17) is 0 Å². The molecule has 0 heterocycles. The van der Waals surface area contributed by atoms with Crippen LogP contribution >= 0.6 is 0 Å². The van der Waals surface area contributed by atoms with E-state index < -0.39 is 9.84 Å². The van der Waals surface area contributed by atoms with Gasteiger partial charge in [-0.1, -0.05) is 38.3 Å². The lowest BCUT2D eigenvalue weighted by atomic mass is 9.75. The van der Waals surface area contributed by atoms with Gasteiger partial charge in [-0.3, -0.25) is 0 Å². The fourth-order valence-corrected chi connectivity index (χ4v) is 3.73. The van der Waals surface area contributed by atoms with Gasteiger partial charge in [-0.2, -0.15) is 0 Å². The van der Waals surface area contributed by atoms with Gasteiger partial charge in [0.15, 0.2) is 9.84 Å². The predicted molar refractivity (Wildman–Crippen MR) is 87.2 cm³/mol. The molecule has 0 aliphatic heterocycles. The van der Waals surface area contributed by atoms with E-state index in [-0.39, 0.29) is 6.04 Å². The maximum Gasteiger partial charge on any atom is 0.175 e. The largest absolute Gasteiger partial charge is 0.310 e. The molecular formula is C17H27NO2S. The minimum Gasteiger partial charge on any atom is -0.310 e. The first-order valence-electron chi connectivity index (χ1n) is 7.84. The Kier molecular flexibility index (Phi) is 5.10. The smallest absolute Gasteiger partial charge is 0.175 e. The van der Waals surface area contributed by atoms with Crippen LogP contribution in [0.15, 0.2) is 29.2 Å². The zero-order valence-electron chi connectivity index (χ0n) is 13.4. The molecule has 1 fully saturated rings. The SMILES string of the molecule is CC(NCC1(C)CCCCC1)c1ccc(S(C)(=O)=O)cc1. The third-order valence-electron chi connectivity index (χ3n) is 4.70. The lowest BCUT2D eigenvalue weighted by molar-refractivity contribution is 0.202. The van der Waals surface area contributed by atoms with Gasteiger partial charge in [-0.15, -0.1) is 0 Å². The number of hydrogen-bond acceptors (Lipinski definition) is 3. The van der Waals surface area contributed by atoms with Crippen LogP contribution in [-0.4, -0.2) is 21.2 Å². The van der Waals surface area contributed by atoms with Crippen LogP contribution in [0.3, 0.4) is 0 Å². The topological polar surface area (TPSA) is 46.2 Å². The monoisotopic (exact) mass is 309 g/mol. The maximum absolute atomic E-state index is 11.5. The second-order valence-electron chi connectivity index (χ2n) is 6.82. The summed E-state index contributed by atoms with van der Waals surface area (Å²) in [4.78, 5) is 0.387. The molecule has 0 amide bonds. The number of rotatable bonds is 5. The number of sulfone groups is 1. The van der Waals surface area contributed by atoms with Gasteiger partial charge in [-0.05, 0) is 42.9 Å². The summed E-state index contributed by atoms with van der Waals surface area (Å²) < 4.78 is 22.9. The van der Waals surface area contributed by atoms with Crippen molar-refractivity contribution in [1.82, 2.24) is 5.32 Å². The second kappa shape index (κ2) is 6.49. The summed E-state index contributed by atoms with van der Waals surface area (Å²) in [6.45, 7) is 5.54. The van der Waals surface area contributed by atoms with E-state index in [1.54, 1.807) is 12.1 Å². The van der Waals surface area contributed by atoms with Crippen molar-refractivity contribution in [3.05, 3.63) is 29.8 Å². The lowest BCUT2D eigenvalue weighted by Crippen LogP contribution is -2.34. The zero-order chi connectivity index (χ0) is 15.5. The van der Waals surface area contributed by atoms with Crippen LogP contribution in [0.25, 0.3) is 0 Å². The zero-order valence-corrected chi connectivity index (χ0v) is 14.2. The van der Waals surface area contributed by atoms with Crippen LogP contribution in [0.1, 0.15) is 57.6 Å². The average Bonchev–Trinajstić information content (AvgIpc) is 2.45. The summed E-state index contributed by atoms with van der Waals surface area (Å²) in [6.07, 6.45) is 7.91. The Labute approximate surface area is 129 Å². The van der Waals surface area contributed by atoms with Crippen LogP contribution in [0, 0.1) is 5.41 Å². The molecule has 0 bridgehead atoms. The van der Waals surface area contributed by atoms with Gasteiger partial charge in [0.2, 0.25) is 0 Å². The molecule has 118 valence electrons. The highest BCUT2D eigenvalue weighted by Gasteiger charge is 2.26. The van der Waals surface area contributed by atoms with Crippen LogP contribution in [0.5, 0.6) is 0 Å². The summed E-state index contributed by atoms with van der Waals surface area (Å²) in [6, 6.07) is 7.47. The van der Waals surface area contributed by atoms with E-state index in [0.717, 1.165) is 12.1 Å². The number of benzene rings is 1. The first-order valence-corrected chi connectivity index (χ1v) is 9.73. The van der Waals surface area contributed by atoms with Crippen molar-refractivity contribution in [3.8, 4) is 0 Å². The lowest BCUT2D eigenvalue weighted by Gasteiger charge is -2.35. The third-order valence-corrected chi connectivity index (χ3v) is 5.83. The summed E-state index contributed by atoms with van der Waals surface area (Å²) in [5, 5.41) is 3.62. The summed E-state index contributed by atoms with van der Waals surface area (Å²) in [5.74, 6) is 0. The highest BCUT2D eigenvalue weighted by Crippen LogP contribution is 2.35. The molecule has 1 aromatic carbocycles. The highest BCUT2D eigenvalue weighted by molar-refractivity contribution is 7.90. The predicted octanol–water partition coefficient (Wildman–Crippen LogP) is 3.71. The molecule has 1 N–H and O–H groups in total. The first kappa shape index (κ1) is 16.5. The molecule has 21 heavy (non-hydrogen) atoms. The van der Waals surface area contributed by atoms with Gasteiger partial charge in [-0.25, -0.2) is 8.42 Å². The second-order valence-corrected chi connectivity index (χ2v) is 8.83. The van der Waals surface area contributed by atoms with Gasteiger partial charge >= 0.3 is 0 Å². The normalized spacial score (nSPS) is 20.1. The van der Waals surface area contributed by atoms with E-state index >= 15 is 0 Å². The van der Waals surface area contributed by atoms with Gasteiger partial charge in [0, 0.05) is 18.8 Å². The van der Waals surface area contributed by atoms with Gasteiger partial charge in [0.1, 0.15) is 0 Å².